The quantitative estimate of drug-likeness (QED) is 0.868. The minimum atomic E-state index is -3.75. The number of nitrogens with two attached hydrogens (primary N) is 1. The Balaban J connectivity index is 2.27. The lowest BCUT2D eigenvalue weighted by atomic mass is 10.4. The van der Waals surface area contributed by atoms with Crippen molar-refractivity contribution in [3.05, 3.63) is 41.8 Å². The van der Waals surface area contributed by atoms with Crippen molar-refractivity contribution in [2.24, 2.45) is 5.73 Å². The van der Waals surface area contributed by atoms with Gasteiger partial charge in [-0.2, -0.15) is 8.42 Å². The van der Waals surface area contributed by atoms with Crippen molar-refractivity contribution in [1.29, 1.82) is 0 Å². The Kier molecular flexibility index (Phi) is 3.35. The number of sulfonamides is 1. The second-order valence-corrected chi connectivity index (χ2v) is 5.31. The summed E-state index contributed by atoms with van der Waals surface area (Å²) in [6, 6.07) is 7.95. The normalized spacial score (nSPS) is 11.4. The molecule has 0 bridgehead atoms. The largest absolute Gasteiger partial charge is 0.446 e. The van der Waals surface area contributed by atoms with Gasteiger partial charge in [0.2, 0.25) is 5.09 Å². The number of nitrogens with one attached hydrogen (secondary N) is 1. The van der Waals surface area contributed by atoms with E-state index in [-0.39, 0.29) is 17.5 Å². The molecule has 0 unspecified atom stereocenters. The Morgan fingerprint density at radius 2 is 2.11 bits per heavy atom. The van der Waals surface area contributed by atoms with Gasteiger partial charge in [-0.1, -0.05) is 6.07 Å². The van der Waals surface area contributed by atoms with Gasteiger partial charge < -0.3 is 10.2 Å². The van der Waals surface area contributed by atoms with Gasteiger partial charge in [-0.05, 0) is 31.2 Å². The molecular formula is C11H13N3O3S. The Morgan fingerprint density at radius 3 is 2.72 bits per heavy atom. The lowest BCUT2D eigenvalue weighted by Crippen LogP contribution is -2.13. The summed E-state index contributed by atoms with van der Waals surface area (Å²) in [4.78, 5) is 4.05. The highest BCUT2D eigenvalue weighted by atomic mass is 32.2. The molecule has 2 aromatic rings. The molecule has 0 aliphatic carbocycles. The van der Waals surface area contributed by atoms with Gasteiger partial charge in [-0.25, -0.2) is 4.98 Å². The molecule has 0 aliphatic rings. The van der Waals surface area contributed by atoms with E-state index in [1.54, 1.807) is 25.1 Å². The lowest BCUT2D eigenvalue weighted by molar-refractivity contribution is 0.417. The van der Waals surface area contributed by atoms with E-state index in [1.807, 2.05) is 0 Å². The minimum Gasteiger partial charge on any atom is -0.446 e. The highest BCUT2D eigenvalue weighted by molar-refractivity contribution is 7.92. The Bertz CT molecular complexity index is 649. The maximum absolute atomic E-state index is 12.0. The molecule has 0 atom stereocenters. The van der Waals surface area contributed by atoms with Crippen LogP contribution in [-0.4, -0.2) is 13.4 Å². The van der Waals surface area contributed by atoms with E-state index in [9.17, 15) is 8.42 Å². The summed E-state index contributed by atoms with van der Waals surface area (Å²) in [5.41, 5.74) is 6.08. The van der Waals surface area contributed by atoms with Crippen molar-refractivity contribution >= 4 is 15.8 Å². The first-order valence-electron chi connectivity index (χ1n) is 5.26. The monoisotopic (exact) mass is 267 g/mol. The molecule has 18 heavy (non-hydrogen) atoms. The predicted molar refractivity (Wildman–Crippen MR) is 66.4 cm³/mol. The molecule has 6 nitrogen and oxygen atoms in total. The fraction of sp³-hybridized carbons (Fsp3) is 0.182. The molecule has 7 heteroatoms. The minimum absolute atomic E-state index is 0.151. The summed E-state index contributed by atoms with van der Waals surface area (Å²) in [5.74, 6) is 0.660. The fourth-order valence-electron chi connectivity index (χ4n) is 1.40. The third kappa shape index (κ3) is 2.69. The smallest absolute Gasteiger partial charge is 0.296 e. The van der Waals surface area contributed by atoms with Gasteiger partial charge in [0.1, 0.15) is 11.6 Å². The van der Waals surface area contributed by atoms with Gasteiger partial charge in [0.25, 0.3) is 10.0 Å². The third-order valence-electron chi connectivity index (χ3n) is 2.23. The Morgan fingerprint density at radius 1 is 1.33 bits per heavy atom. The summed E-state index contributed by atoms with van der Waals surface area (Å²) in [6.45, 7) is 1.93. The van der Waals surface area contributed by atoms with E-state index in [4.69, 9.17) is 10.2 Å². The van der Waals surface area contributed by atoms with Crippen LogP contribution < -0.4 is 10.5 Å². The van der Waals surface area contributed by atoms with Crippen LogP contribution in [0.4, 0.5) is 5.82 Å². The number of hydrogen-bond acceptors (Lipinski definition) is 5. The van der Waals surface area contributed by atoms with Gasteiger partial charge in [-0.3, -0.25) is 4.72 Å². The molecule has 0 fully saturated rings. The van der Waals surface area contributed by atoms with Crippen LogP contribution in [-0.2, 0) is 16.6 Å². The van der Waals surface area contributed by atoms with Crippen LogP contribution in [0, 0.1) is 6.92 Å². The average molecular weight is 267 g/mol. The summed E-state index contributed by atoms with van der Waals surface area (Å²) in [6.07, 6.45) is 0. The summed E-state index contributed by atoms with van der Waals surface area (Å²) in [7, 11) is -3.75. The SMILES string of the molecule is Cc1cccc(NS(=O)(=O)c2ccc(CN)o2)n1. The highest BCUT2D eigenvalue weighted by Gasteiger charge is 2.19. The molecule has 3 N–H and O–H groups in total. The standard InChI is InChI=1S/C11H13N3O3S/c1-8-3-2-4-10(13-8)14-18(15,16)11-6-5-9(7-12)17-11/h2-6H,7,12H2,1H3,(H,13,14). The van der Waals surface area contributed by atoms with Gasteiger partial charge in [0, 0.05) is 5.69 Å². The molecular weight excluding hydrogens is 254 g/mol. The molecule has 2 rings (SSSR count). The molecule has 2 aromatic heterocycles. The van der Waals surface area contributed by atoms with Crippen LogP contribution >= 0.6 is 0 Å². The highest BCUT2D eigenvalue weighted by Crippen LogP contribution is 2.17. The van der Waals surface area contributed by atoms with Crippen LogP contribution in [0.5, 0.6) is 0 Å². The van der Waals surface area contributed by atoms with Crippen molar-refractivity contribution in [1.82, 2.24) is 4.98 Å². The van der Waals surface area contributed by atoms with Crippen molar-refractivity contribution in [2.45, 2.75) is 18.6 Å². The first kappa shape index (κ1) is 12.6. The van der Waals surface area contributed by atoms with Crippen LogP contribution in [0.2, 0.25) is 0 Å². The molecule has 0 spiro atoms. The summed E-state index contributed by atoms with van der Waals surface area (Å²) < 4.78 is 31.3. The van der Waals surface area contributed by atoms with Crippen molar-refractivity contribution in [2.75, 3.05) is 4.72 Å². The Hall–Kier alpha value is -1.86. The van der Waals surface area contributed by atoms with E-state index in [0.29, 0.717) is 5.76 Å². The van der Waals surface area contributed by atoms with E-state index in [0.717, 1.165) is 5.69 Å². The van der Waals surface area contributed by atoms with E-state index in [1.165, 1.54) is 12.1 Å². The zero-order valence-corrected chi connectivity index (χ0v) is 10.6. The molecule has 0 saturated carbocycles. The number of aryl methyl sites for hydroxylation is 1. The number of anilines is 1. The zero-order chi connectivity index (χ0) is 13.2. The second kappa shape index (κ2) is 4.79. The Labute approximate surface area is 105 Å². The molecule has 0 radical (unpaired) electrons. The van der Waals surface area contributed by atoms with Crippen molar-refractivity contribution in [3.63, 3.8) is 0 Å². The number of hydrogen-bond donors (Lipinski definition) is 2. The maximum atomic E-state index is 12.0. The summed E-state index contributed by atoms with van der Waals surface area (Å²) in [5, 5.41) is -0.175. The van der Waals surface area contributed by atoms with Crippen LogP contribution in [0.25, 0.3) is 0 Å². The van der Waals surface area contributed by atoms with Crippen molar-refractivity contribution < 1.29 is 12.8 Å². The van der Waals surface area contributed by atoms with E-state index >= 15 is 0 Å². The number of rotatable bonds is 4. The fourth-order valence-corrected chi connectivity index (χ4v) is 2.35. The first-order chi connectivity index (χ1) is 8.51. The van der Waals surface area contributed by atoms with Crippen molar-refractivity contribution in [3.8, 4) is 0 Å². The van der Waals surface area contributed by atoms with Crippen LogP contribution in [0.3, 0.4) is 0 Å². The van der Waals surface area contributed by atoms with Gasteiger partial charge in [-0.15, -0.1) is 0 Å². The third-order valence-corrected chi connectivity index (χ3v) is 3.46. The molecule has 0 amide bonds. The number of nitrogens with zero attached hydrogens (tertiary/aromatic N) is 1. The number of furan rings is 1. The average Bonchev–Trinajstić information content (AvgIpc) is 2.77. The van der Waals surface area contributed by atoms with Gasteiger partial charge >= 0.3 is 0 Å². The molecule has 0 aromatic carbocycles. The number of aromatic nitrogens is 1. The van der Waals surface area contributed by atoms with E-state index in [2.05, 4.69) is 9.71 Å². The molecule has 2 heterocycles. The number of pyridine rings is 1. The summed E-state index contributed by atoms with van der Waals surface area (Å²) >= 11 is 0. The zero-order valence-electron chi connectivity index (χ0n) is 9.75. The molecule has 0 saturated heterocycles. The maximum Gasteiger partial charge on any atom is 0.296 e. The first-order valence-corrected chi connectivity index (χ1v) is 6.75. The lowest BCUT2D eigenvalue weighted by Gasteiger charge is -2.05. The van der Waals surface area contributed by atoms with Gasteiger partial charge in [0.15, 0.2) is 0 Å². The second-order valence-electron chi connectivity index (χ2n) is 3.69. The molecule has 0 aliphatic heterocycles. The van der Waals surface area contributed by atoms with Crippen LogP contribution in [0.1, 0.15) is 11.5 Å². The predicted octanol–water partition coefficient (Wildman–Crippen LogP) is 1.24. The topological polar surface area (TPSA) is 98.2 Å². The molecule has 96 valence electrons. The van der Waals surface area contributed by atoms with E-state index < -0.39 is 10.0 Å². The van der Waals surface area contributed by atoms with Crippen LogP contribution in [0.15, 0.2) is 39.8 Å². The van der Waals surface area contributed by atoms with Gasteiger partial charge in [0.05, 0.1) is 6.54 Å².